The molecule has 0 aromatic carbocycles. The number of nitrogens with two attached hydrogens (primary N) is 1. The van der Waals surface area contributed by atoms with Crippen LogP contribution in [0.25, 0.3) is 0 Å². The Morgan fingerprint density at radius 2 is 1.95 bits per heavy atom. The fourth-order valence-corrected chi connectivity index (χ4v) is 5.87. The Hall–Kier alpha value is -3.86. The number of amides is 3. The number of anilines is 1. The summed E-state index contributed by atoms with van der Waals surface area (Å²) in [4.78, 5) is 70.0. The SMILES string of the molecule is CCC(CC)C(=O)OC(C)OC(=O)C1=C(COC(=O)N(C)C)CS[C@@H]2[C@H](NC(=O)/C(=N\O)c3csc(N)n3)C(=O)N12. The van der Waals surface area contributed by atoms with Gasteiger partial charge in [-0.05, 0) is 12.8 Å². The first kappa shape index (κ1) is 31.7. The van der Waals surface area contributed by atoms with Crippen LogP contribution in [-0.4, -0.2) is 99.7 Å². The lowest BCUT2D eigenvalue weighted by molar-refractivity contribution is -0.187. The summed E-state index contributed by atoms with van der Waals surface area (Å²) in [6.45, 7) is 4.74. The molecule has 3 atom stereocenters. The van der Waals surface area contributed by atoms with Crippen LogP contribution in [0.5, 0.6) is 0 Å². The molecule has 224 valence electrons. The largest absolute Gasteiger partial charge is 0.445 e. The Kier molecular flexibility index (Phi) is 10.6. The molecule has 2 aliphatic rings. The summed E-state index contributed by atoms with van der Waals surface area (Å²) in [6.07, 6.45) is -0.823. The number of thiazole rings is 1. The van der Waals surface area contributed by atoms with Crippen molar-refractivity contribution < 1.29 is 43.4 Å². The highest BCUT2D eigenvalue weighted by Gasteiger charge is 2.55. The number of nitrogens with one attached hydrogen (secondary N) is 1. The van der Waals surface area contributed by atoms with E-state index < -0.39 is 53.3 Å². The molecule has 0 aliphatic carbocycles. The van der Waals surface area contributed by atoms with Crippen LogP contribution >= 0.6 is 23.1 Å². The van der Waals surface area contributed by atoms with Gasteiger partial charge in [0.1, 0.15) is 29.4 Å². The zero-order valence-corrected chi connectivity index (χ0v) is 24.7. The molecule has 3 heterocycles. The molecule has 2 aliphatic heterocycles. The van der Waals surface area contributed by atoms with E-state index in [1.165, 1.54) is 43.1 Å². The number of nitrogen functional groups attached to an aromatic ring is 1. The lowest BCUT2D eigenvalue weighted by Crippen LogP contribution is -2.71. The minimum Gasteiger partial charge on any atom is -0.445 e. The number of β-lactam (4-membered cyclic amide) rings is 1. The predicted molar refractivity (Wildman–Crippen MR) is 148 cm³/mol. The number of carbonyl (C=O) groups is 5. The molecular formula is C24H32N6O9S2. The van der Waals surface area contributed by atoms with Gasteiger partial charge in [0.25, 0.3) is 11.8 Å². The smallest absolute Gasteiger partial charge is 0.409 e. The van der Waals surface area contributed by atoms with Crippen LogP contribution < -0.4 is 11.1 Å². The van der Waals surface area contributed by atoms with Gasteiger partial charge in [0, 0.05) is 37.7 Å². The number of hydrogen-bond acceptors (Lipinski definition) is 14. The lowest BCUT2D eigenvalue weighted by atomic mass is 10.0. The number of oxime groups is 1. The molecule has 17 heteroatoms. The number of thioether (sulfide) groups is 1. The van der Waals surface area contributed by atoms with Crippen LogP contribution in [0, 0.1) is 5.92 Å². The third-order valence-electron chi connectivity index (χ3n) is 6.22. The second-order valence-electron chi connectivity index (χ2n) is 9.20. The number of rotatable bonds is 11. The Morgan fingerprint density at radius 1 is 1.27 bits per heavy atom. The second-order valence-corrected chi connectivity index (χ2v) is 11.2. The molecule has 0 spiro atoms. The average Bonchev–Trinajstić information content (AvgIpc) is 3.35. The molecule has 0 radical (unpaired) electrons. The molecule has 15 nitrogen and oxygen atoms in total. The van der Waals surface area contributed by atoms with E-state index in [1.807, 2.05) is 13.8 Å². The van der Waals surface area contributed by atoms with Gasteiger partial charge in [-0.3, -0.25) is 19.3 Å². The molecule has 1 aromatic heterocycles. The summed E-state index contributed by atoms with van der Waals surface area (Å²) < 4.78 is 15.9. The van der Waals surface area contributed by atoms with E-state index in [2.05, 4.69) is 15.5 Å². The zero-order chi connectivity index (χ0) is 30.4. The molecule has 1 saturated heterocycles. The Labute approximate surface area is 244 Å². The van der Waals surface area contributed by atoms with Crippen molar-refractivity contribution in [3.05, 3.63) is 22.3 Å². The van der Waals surface area contributed by atoms with Gasteiger partial charge in [0.05, 0.1) is 5.92 Å². The minimum atomic E-state index is -1.26. The van der Waals surface area contributed by atoms with Crippen molar-refractivity contribution in [1.82, 2.24) is 20.1 Å². The third-order valence-corrected chi connectivity index (χ3v) is 8.23. The van der Waals surface area contributed by atoms with E-state index in [-0.39, 0.29) is 34.8 Å². The number of carbonyl (C=O) groups excluding carboxylic acids is 5. The summed E-state index contributed by atoms with van der Waals surface area (Å²) in [5, 5.41) is 15.7. The topological polar surface area (TPSA) is 203 Å². The van der Waals surface area contributed by atoms with Crippen LogP contribution in [0.15, 0.2) is 21.8 Å². The Bertz CT molecular complexity index is 1260. The third kappa shape index (κ3) is 7.08. The molecule has 1 fully saturated rings. The highest BCUT2D eigenvalue weighted by atomic mass is 32.2. The van der Waals surface area contributed by atoms with Gasteiger partial charge < -0.3 is 35.4 Å². The molecule has 3 rings (SSSR count). The van der Waals surface area contributed by atoms with E-state index in [0.717, 1.165) is 16.2 Å². The standard InChI is InChI=1S/C24H32N6O9S2/c1-6-12(7-2)21(33)38-11(3)39-22(34)17-13(8-37-24(35)29(4)5)9-40-20-16(19(32)30(17)20)27-18(31)15(28-36)14-10-41-23(25)26-14/h10-12,16,20,36H,6-9H2,1-5H3,(H2,25,26)(H,27,31)/b28-15-/t11?,16-,20-/m1/s1. The molecule has 0 saturated carbocycles. The van der Waals surface area contributed by atoms with Crippen molar-refractivity contribution in [3.8, 4) is 0 Å². The number of aromatic nitrogens is 1. The van der Waals surface area contributed by atoms with Crippen LogP contribution in [0.3, 0.4) is 0 Å². The summed E-state index contributed by atoms with van der Waals surface area (Å²) in [5.74, 6) is -3.23. The quantitative estimate of drug-likeness (QED) is 0.0804. The minimum absolute atomic E-state index is 0.0264. The van der Waals surface area contributed by atoms with Crippen LogP contribution in [0.1, 0.15) is 39.3 Å². The molecule has 1 unspecified atom stereocenters. The van der Waals surface area contributed by atoms with Gasteiger partial charge in [-0.25, -0.2) is 14.6 Å². The molecule has 4 N–H and O–H groups in total. The first-order valence-corrected chi connectivity index (χ1v) is 14.5. The van der Waals surface area contributed by atoms with E-state index in [1.54, 1.807) is 0 Å². The van der Waals surface area contributed by atoms with Gasteiger partial charge in [-0.1, -0.05) is 19.0 Å². The van der Waals surface area contributed by atoms with Crippen molar-refractivity contribution >= 4 is 63.8 Å². The van der Waals surface area contributed by atoms with Gasteiger partial charge in [-0.2, -0.15) is 0 Å². The average molecular weight is 613 g/mol. The fourth-order valence-electron chi connectivity index (χ4n) is 3.99. The number of esters is 2. The van der Waals surface area contributed by atoms with Crippen molar-refractivity contribution in [3.63, 3.8) is 0 Å². The maximum absolute atomic E-state index is 13.3. The molecule has 0 bridgehead atoms. The van der Waals surface area contributed by atoms with Crippen molar-refractivity contribution in [2.75, 3.05) is 32.2 Å². The molecule has 41 heavy (non-hydrogen) atoms. The van der Waals surface area contributed by atoms with Crippen LogP contribution in [0.4, 0.5) is 9.93 Å². The van der Waals surface area contributed by atoms with E-state index >= 15 is 0 Å². The summed E-state index contributed by atoms with van der Waals surface area (Å²) >= 11 is 2.25. The van der Waals surface area contributed by atoms with Gasteiger partial charge >= 0.3 is 18.0 Å². The van der Waals surface area contributed by atoms with Crippen molar-refractivity contribution in [2.45, 2.75) is 51.3 Å². The maximum atomic E-state index is 13.3. The maximum Gasteiger partial charge on any atom is 0.409 e. The number of hydrogen-bond donors (Lipinski definition) is 3. The Balaban J connectivity index is 1.80. The highest BCUT2D eigenvalue weighted by molar-refractivity contribution is 8.00. The first-order chi connectivity index (χ1) is 19.4. The fraction of sp³-hybridized carbons (Fsp3) is 0.542. The summed E-state index contributed by atoms with van der Waals surface area (Å²) in [6, 6.07) is -1.08. The highest BCUT2D eigenvalue weighted by Crippen LogP contribution is 2.41. The summed E-state index contributed by atoms with van der Waals surface area (Å²) in [7, 11) is 2.98. The van der Waals surface area contributed by atoms with E-state index in [0.29, 0.717) is 18.4 Å². The summed E-state index contributed by atoms with van der Waals surface area (Å²) in [5.41, 5.74) is 5.29. The second kappa shape index (κ2) is 13.7. The monoisotopic (exact) mass is 612 g/mol. The van der Waals surface area contributed by atoms with Crippen molar-refractivity contribution in [2.24, 2.45) is 11.1 Å². The number of nitrogens with zero attached hydrogens (tertiary/aromatic N) is 4. The molecule has 1 aromatic rings. The van der Waals surface area contributed by atoms with Gasteiger partial charge in [0.2, 0.25) is 6.29 Å². The van der Waals surface area contributed by atoms with Gasteiger partial charge in [-0.15, -0.1) is 23.1 Å². The van der Waals surface area contributed by atoms with E-state index in [4.69, 9.17) is 19.9 Å². The molecular weight excluding hydrogens is 580 g/mol. The van der Waals surface area contributed by atoms with Crippen molar-refractivity contribution in [1.29, 1.82) is 0 Å². The van der Waals surface area contributed by atoms with Crippen LogP contribution in [0.2, 0.25) is 0 Å². The Morgan fingerprint density at radius 3 is 2.51 bits per heavy atom. The zero-order valence-electron chi connectivity index (χ0n) is 23.1. The number of fused-ring (bicyclic) bond motifs is 1. The predicted octanol–water partition coefficient (Wildman–Crippen LogP) is 1.12. The first-order valence-electron chi connectivity index (χ1n) is 12.6. The van der Waals surface area contributed by atoms with E-state index in [9.17, 15) is 29.2 Å². The normalized spacial score (nSPS) is 19.2. The van der Waals surface area contributed by atoms with Crippen LogP contribution in [-0.2, 0) is 33.4 Å². The lowest BCUT2D eigenvalue weighted by Gasteiger charge is -2.49. The van der Waals surface area contributed by atoms with Gasteiger partial charge in [0.15, 0.2) is 10.8 Å². The molecule has 3 amide bonds. The number of ether oxygens (including phenoxy) is 3.